The fraction of sp³-hybridized carbons (Fsp3) is 0.273. The van der Waals surface area contributed by atoms with Crippen LogP contribution in [0.3, 0.4) is 0 Å². The van der Waals surface area contributed by atoms with Gasteiger partial charge in [-0.15, -0.1) is 0 Å². The van der Waals surface area contributed by atoms with Crippen LogP contribution in [0.15, 0.2) is 36.8 Å². The van der Waals surface area contributed by atoms with Gasteiger partial charge in [-0.1, -0.05) is 0 Å². The van der Waals surface area contributed by atoms with Crippen LogP contribution in [0, 0.1) is 0 Å². The van der Waals surface area contributed by atoms with Crippen LogP contribution in [0.4, 0.5) is 5.69 Å². The highest BCUT2D eigenvalue weighted by molar-refractivity contribution is 5.44. The van der Waals surface area contributed by atoms with Crippen LogP contribution in [0.25, 0.3) is 5.82 Å². The molecular formula is C11H12N4O. The molecule has 1 aliphatic heterocycles. The average molecular weight is 216 g/mol. The Morgan fingerprint density at radius 3 is 2.88 bits per heavy atom. The van der Waals surface area contributed by atoms with E-state index in [9.17, 15) is 0 Å². The van der Waals surface area contributed by atoms with Crippen LogP contribution >= 0.6 is 0 Å². The van der Waals surface area contributed by atoms with Crippen molar-refractivity contribution >= 4 is 5.69 Å². The molecule has 82 valence electrons. The van der Waals surface area contributed by atoms with Gasteiger partial charge in [0.15, 0.2) is 5.82 Å². The van der Waals surface area contributed by atoms with Crippen molar-refractivity contribution in [3.8, 4) is 5.82 Å². The van der Waals surface area contributed by atoms with Gasteiger partial charge in [-0.3, -0.25) is 0 Å². The number of pyridine rings is 1. The van der Waals surface area contributed by atoms with Crippen molar-refractivity contribution in [1.82, 2.24) is 14.8 Å². The van der Waals surface area contributed by atoms with Crippen molar-refractivity contribution in [3.63, 3.8) is 0 Å². The summed E-state index contributed by atoms with van der Waals surface area (Å²) < 4.78 is 6.83. The topological polar surface area (TPSA) is 52.0 Å². The Kier molecular flexibility index (Phi) is 2.30. The zero-order valence-corrected chi connectivity index (χ0v) is 8.71. The summed E-state index contributed by atoms with van der Waals surface area (Å²) in [7, 11) is 0. The maximum absolute atomic E-state index is 5.09. The maximum Gasteiger partial charge on any atom is 0.153 e. The van der Waals surface area contributed by atoms with Gasteiger partial charge in [0.1, 0.15) is 0 Å². The summed E-state index contributed by atoms with van der Waals surface area (Å²) in [6, 6.07) is 6.24. The zero-order chi connectivity index (χ0) is 10.8. The molecule has 0 unspecified atom stereocenters. The highest BCUT2D eigenvalue weighted by atomic mass is 16.5. The number of nitrogens with one attached hydrogen (secondary N) is 1. The summed E-state index contributed by atoms with van der Waals surface area (Å²) >= 11 is 0. The van der Waals surface area contributed by atoms with E-state index in [0.29, 0.717) is 6.04 Å². The maximum atomic E-state index is 5.09. The summed E-state index contributed by atoms with van der Waals surface area (Å²) in [5.74, 6) is 0.820. The Bertz CT molecular complexity index is 447. The molecule has 1 fully saturated rings. The van der Waals surface area contributed by atoms with Crippen LogP contribution in [-0.2, 0) is 4.74 Å². The lowest BCUT2D eigenvalue weighted by Crippen LogP contribution is -2.40. The van der Waals surface area contributed by atoms with E-state index in [4.69, 9.17) is 4.74 Å². The third-order valence-electron chi connectivity index (χ3n) is 2.50. The van der Waals surface area contributed by atoms with Gasteiger partial charge in [0, 0.05) is 12.4 Å². The second-order valence-corrected chi connectivity index (χ2v) is 3.73. The molecule has 1 N–H and O–H groups in total. The number of anilines is 1. The van der Waals surface area contributed by atoms with Gasteiger partial charge in [-0.2, -0.15) is 5.10 Å². The van der Waals surface area contributed by atoms with Crippen LogP contribution in [0.2, 0.25) is 0 Å². The number of hydrogen-bond donors (Lipinski definition) is 1. The van der Waals surface area contributed by atoms with Crippen LogP contribution in [0.5, 0.6) is 0 Å². The SMILES string of the molecule is c1cnn(-c2ccc(NC3COC3)cn2)c1. The van der Waals surface area contributed by atoms with E-state index < -0.39 is 0 Å². The monoisotopic (exact) mass is 216 g/mol. The Morgan fingerprint density at radius 2 is 2.31 bits per heavy atom. The van der Waals surface area contributed by atoms with E-state index >= 15 is 0 Å². The summed E-state index contributed by atoms with van der Waals surface area (Å²) in [6.45, 7) is 1.56. The highest BCUT2D eigenvalue weighted by Crippen LogP contribution is 2.13. The Balaban J connectivity index is 1.74. The van der Waals surface area contributed by atoms with Crippen molar-refractivity contribution in [2.75, 3.05) is 18.5 Å². The molecule has 0 bridgehead atoms. The number of nitrogens with zero attached hydrogens (tertiary/aromatic N) is 3. The van der Waals surface area contributed by atoms with Gasteiger partial charge in [0.2, 0.25) is 0 Å². The minimum absolute atomic E-state index is 0.428. The molecule has 0 radical (unpaired) electrons. The van der Waals surface area contributed by atoms with E-state index in [2.05, 4.69) is 15.4 Å². The lowest BCUT2D eigenvalue weighted by atomic mass is 10.2. The molecule has 5 nitrogen and oxygen atoms in total. The molecule has 0 aliphatic carbocycles. The lowest BCUT2D eigenvalue weighted by Gasteiger charge is -2.27. The second kappa shape index (κ2) is 3.94. The first kappa shape index (κ1) is 9.35. The van der Waals surface area contributed by atoms with Gasteiger partial charge >= 0.3 is 0 Å². The first-order valence-electron chi connectivity index (χ1n) is 5.22. The highest BCUT2D eigenvalue weighted by Gasteiger charge is 2.17. The number of aromatic nitrogens is 3. The van der Waals surface area contributed by atoms with Crippen LogP contribution < -0.4 is 5.32 Å². The summed E-state index contributed by atoms with van der Waals surface area (Å²) in [5, 5.41) is 7.45. The Labute approximate surface area is 93.1 Å². The molecule has 2 aromatic rings. The van der Waals surface area contributed by atoms with Gasteiger partial charge in [0.25, 0.3) is 0 Å². The predicted molar refractivity (Wildman–Crippen MR) is 59.6 cm³/mol. The molecule has 2 aromatic heterocycles. The number of ether oxygens (including phenoxy) is 1. The first-order chi connectivity index (χ1) is 7.92. The first-order valence-corrected chi connectivity index (χ1v) is 5.22. The standard InChI is InChI=1S/C11H12N4O/c1-4-13-15(5-1)11-3-2-9(6-12-11)14-10-7-16-8-10/h1-6,10,14H,7-8H2. The molecular weight excluding hydrogens is 204 g/mol. The van der Waals surface area contributed by atoms with E-state index in [0.717, 1.165) is 24.7 Å². The minimum Gasteiger partial charge on any atom is -0.377 e. The van der Waals surface area contributed by atoms with Gasteiger partial charge in [-0.05, 0) is 18.2 Å². The van der Waals surface area contributed by atoms with Gasteiger partial charge < -0.3 is 10.1 Å². The van der Waals surface area contributed by atoms with E-state index in [1.807, 2.05) is 30.6 Å². The predicted octanol–water partition coefficient (Wildman–Crippen LogP) is 1.08. The van der Waals surface area contributed by atoms with Crippen molar-refractivity contribution in [2.45, 2.75) is 6.04 Å². The van der Waals surface area contributed by atoms with Gasteiger partial charge in [-0.25, -0.2) is 9.67 Å². The molecule has 3 heterocycles. The smallest absolute Gasteiger partial charge is 0.153 e. The molecule has 16 heavy (non-hydrogen) atoms. The Morgan fingerprint density at radius 1 is 1.38 bits per heavy atom. The van der Waals surface area contributed by atoms with Crippen molar-refractivity contribution in [3.05, 3.63) is 36.8 Å². The van der Waals surface area contributed by atoms with E-state index in [1.54, 1.807) is 10.9 Å². The largest absolute Gasteiger partial charge is 0.377 e. The zero-order valence-electron chi connectivity index (χ0n) is 8.71. The normalized spacial score (nSPS) is 15.8. The molecule has 0 spiro atoms. The summed E-state index contributed by atoms with van der Waals surface area (Å²) in [6.07, 6.45) is 5.42. The van der Waals surface area contributed by atoms with E-state index in [-0.39, 0.29) is 0 Å². The molecule has 0 amide bonds. The molecule has 1 aliphatic rings. The molecule has 3 rings (SSSR count). The second-order valence-electron chi connectivity index (χ2n) is 3.73. The molecule has 1 saturated heterocycles. The molecule has 0 saturated carbocycles. The lowest BCUT2D eigenvalue weighted by molar-refractivity contribution is 0.0211. The van der Waals surface area contributed by atoms with E-state index in [1.165, 1.54) is 0 Å². The quantitative estimate of drug-likeness (QED) is 0.834. The third kappa shape index (κ3) is 1.77. The minimum atomic E-state index is 0.428. The molecule has 0 aromatic carbocycles. The van der Waals surface area contributed by atoms with Crippen molar-refractivity contribution < 1.29 is 4.74 Å². The fourth-order valence-corrected chi connectivity index (χ4v) is 1.57. The third-order valence-corrected chi connectivity index (χ3v) is 2.50. The van der Waals surface area contributed by atoms with Crippen molar-refractivity contribution in [1.29, 1.82) is 0 Å². The Hall–Kier alpha value is -1.88. The molecule has 0 atom stereocenters. The molecule has 5 heteroatoms. The van der Waals surface area contributed by atoms with Crippen LogP contribution in [-0.4, -0.2) is 34.0 Å². The number of hydrogen-bond acceptors (Lipinski definition) is 4. The van der Waals surface area contributed by atoms with Gasteiger partial charge in [0.05, 0.1) is 31.1 Å². The number of rotatable bonds is 3. The average Bonchev–Trinajstić information content (AvgIpc) is 2.78. The summed E-state index contributed by atoms with van der Waals surface area (Å²) in [4.78, 5) is 4.33. The fourth-order valence-electron chi connectivity index (χ4n) is 1.57. The van der Waals surface area contributed by atoms with Crippen molar-refractivity contribution in [2.24, 2.45) is 0 Å². The summed E-state index contributed by atoms with van der Waals surface area (Å²) in [5.41, 5.74) is 1.02. The van der Waals surface area contributed by atoms with Crippen LogP contribution in [0.1, 0.15) is 0 Å².